The first-order valence-corrected chi connectivity index (χ1v) is 10.5. The summed E-state index contributed by atoms with van der Waals surface area (Å²) in [6.45, 7) is 5.29. The van der Waals surface area contributed by atoms with Crippen molar-refractivity contribution in [3.8, 4) is 17.1 Å². The second-order valence-electron chi connectivity index (χ2n) is 7.90. The van der Waals surface area contributed by atoms with Gasteiger partial charge in [0.05, 0.1) is 0 Å². The minimum atomic E-state index is -0.512. The molecule has 2 aromatic carbocycles. The first kappa shape index (κ1) is 20.1. The number of benzene rings is 2. The van der Waals surface area contributed by atoms with Crippen LogP contribution in [0, 0.1) is 12.8 Å². The van der Waals surface area contributed by atoms with Crippen molar-refractivity contribution in [3.05, 3.63) is 66.1 Å². The first-order valence-electron chi connectivity index (χ1n) is 10.5. The molecule has 0 spiro atoms. The van der Waals surface area contributed by atoms with Crippen LogP contribution in [-0.4, -0.2) is 40.1 Å². The molecule has 1 aliphatic heterocycles. The molecular weight excluding hydrogens is 378 g/mol. The number of carbonyl (C=O) groups is 1. The van der Waals surface area contributed by atoms with Crippen LogP contribution in [0.4, 0.5) is 0 Å². The Balaban J connectivity index is 1.36. The standard InChI is InChI=1S/C24H27N3O3/c1-17-9-6-7-13-21(17)23-25-22(30-26-23)15-19-10-8-14-27(16-19)24(28)18(2)29-20-11-4-3-5-12-20/h3-7,9,11-13,18-19H,8,10,14-16H2,1-2H3/t18-,19-/m0/s1. The summed E-state index contributed by atoms with van der Waals surface area (Å²) in [5, 5.41) is 4.16. The number of hydrogen-bond donors (Lipinski definition) is 0. The summed E-state index contributed by atoms with van der Waals surface area (Å²) in [5.74, 6) is 2.28. The van der Waals surface area contributed by atoms with E-state index in [1.165, 1.54) is 0 Å². The average Bonchev–Trinajstić information content (AvgIpc) is 3.22. The predicted octanol–water partition coefficient (Wildman–Crippen LogP) is 4.29. The molecule has 4 rings (SSSR count). The van der Waals surface area contributed by atoms with Crippen molar-refractivity contribution in [2.45, 2.75) is 39.2 Å². The predicted molar refractivity (Wildman–Crippen MR) is 114 cm³/mol. The number of nitrogens with zero attached hydrogens (tertiary/aromatic N) is 3. The van der Waals surface area contributed by atoms with E-state index >= 15 is 0 Å². The van der Waals surface area contributed by atoms with Gasteiger partial charge in [-0.1, -0.05) is 47.6 Å². The summed E-state index contributed by atoms with van der Waals surface area (Å²) in [4.78, 5) is 19.4. The Morgan fingerprint density at radius 3 is 2.77 bits per heavy atom. The number of rotatable bonds is 6. The third-order valence-corrected chi connectivity index (χ3v) is 5.55. The van der Waals surface area contributed by atoms with Gasteiger partial charge in [-0.2, -0.15) is 4.98 Å². The highest BCUT2D eigenvalue weighted by Gasteiger charge is 2.29. The van der Waals surface area contributed by atoms with Gasteiger partial charge in [-0.25, -0.2) is 0 Å². The molecule has 1 amide bonds. The maximum absolute atomic E-state index is 12.9. The van der Waals surface area contributed by atoms with E-state index in [1.807, 2.05) is 73.3 Å². The zero-order chi connectivity index (χ0) is 20.9. The van der Waals surface area contributed by atoms with E-state index in [4.69, 9.17) is 9.26 Å². The first-order chi connectivity index (χ1) is 14.6. The van der Waals surface area contributed by atoms with E-state index in [1.54, 1.807) is 0 Å². The summed E-state index contributed by atoms with van der Waals surface area (Å²) in [7, 11) is 0. The maximum atomic E-state index is 12.9. The van der Waals surface area contributed by atoms with Crippen LogP contribution >= 0.6 is 0 Å². The van der Waals surface area contributed by atoms with Crippen LogP contribution in [0.2, 0.25) is 0 Å². The topological polar surface area (TPSA) is 68.5 Å². The van der Waals surface area contributed by atoms with Crippen LogP contribution < -0.4 is 4.74 Å². The Hall–Kier alpha value is -3.15. The van der Waals surface area contributed by atoms with E-state index in [0.29, 0.717) is 36.3 Å². The lowest BCUT2D eigenvalue weighted by atomic mass is 9.94. The fourth-order valence-corrected chi connectivity index (χ4v) is 3.96. The maximum Gasteiger partial charge on any atom is 0.263 e. The number of likely N-dealkylation sites (tertiary alicyclic amines) is 1. The highest BCUT2D eigenvalue weighted by molar-refractivity contribution is 5.81. The molecule has 156 valence electrons. The molecule has 3 aromatic rings. The van der Waals surface area contributed by atoms with Gasteiger partial charge < -0.3 is 14.2 Å². The Kier molecular flexibility index (Phi) is 6.12. The summed E-state index contributed by atoms with van der Waals surface area (Å²) in [6, 6.07) is 17.5. The molecular formula is C24H27N3O3. The number of hydrogen-bond acceptors (Lipinski definition) is 5. The molecule has 1 aliphatic rings. The average molecular weight is 405 g/mol. The van der Waals surface area contributed by atoms with Gasteiger partial charge in [0, 0.05) is 25.1 Å². The molecule has 1 saturated heterocycles. The van der Waals surface area contributed by atoms with Crippen molar-refractivity contribution in [1.29, 1.82) is 0 Å². The fourth-order valence-electron chi connectivity index (χ4n) is 3.96. The van der Waals surface area contributed by atoms with Crippen molar-refractivity contribution in [1.82, 2.24) is 15.0 Å². The molecule has 0 unspecified atom stereocenters. The second kappa shape index (κ2) is 9.11. The van der Waals surface area contributed by atoms with Crippen molar-refractivity contribution in [3.63, 3.8) is 0 Å². The number of aromatic nitrogens is 2. The monoisotopic (exact) mass is 405 g/mol. The Morgan fingerprint density at radius 2 is 1.97 bits per heavy atom. The van der Waals surface area contributed by atoms with Crippen molar-refractivity contribution < 1.29 is 14.1 Å². The number of amides is 1. The van der Waals surface area contributed by atoms with E-state index in [-0.39, 0.29) is 5.91 Å². The quantitative estimate of drug-likeness (QED) is 0.612. The Bertz CT molecular complexity index is 986. The van der Waals surface area contributed by atoms with Gasteiger partial charge in [-0.15, -0.1) is 0 Å². The van der Waals surface area contributed by atoms with Crippen LogP contribution in [0.1, 0.15) is 31.2 Å². The van der Waals surface area contributed by atoms with Gasteiger partial charge in [0.2, 0.25) is 11.7 Å². The molecule has 1 fully saturated rings. The van der Waals surface area contributed by atoms with Crippen molar-refractivity contribution in [2.24, 2.45) is 5.92 Å². The summed E-state index contributed by atoms with van der Waals surface area (Å²) >= 11 is 0. The Morgan fingerprint density at radius 1 is 1.20 bits per heavy atom. The lowest BCUT2D eigenvalue weighted by molar-refractivity contribution is -0.139. The molecule has 1 aromatic heterocycles. The lowest BCUT2D eigenvalue weighted by Crippen LogP contribution is -2.46. The number of carbonyl (C=O) groups excluding carboxylic acids is 1. The summed E-state index contributed by atoms with van der Waals surface area (Å²) < 4.78 is 11.3. The third-order valence-electron chi connectivity index (χ3n) is 5.55. The fraction of sp³-hybridized carbons (Fsp3) is 0.375. The second-order valence-corrected chi connectivity index (χ2v) is 7.90. The molecule has 6 heteroatoms. The number of ether oxygens (including phenoxy) is 1. The van der Waals surface area contributed by atoms with Crippen LogP contribution in [0.5, 0.6) is 5.75 Å². The molecule has 6 nitrogen and oxygen atoms in total. The minimum Gasteiger partial charge on any atom is -0.481 e. The highest BCUT2D eigenvalue weighted by Crippen LogP contribution is 2.24. The lowest BCUT2D eigenvalue weighted by Gasteiger charge is -2.33. The van der Waals surface area contributed by atoms with Crippen molar-refractivity contribution in [2.75, 3.05) is 13.1 Å². The van der Waals surface area contributed by atoms with Gasteiger partial charge in [0.25, 0.3) is 5.91 Å². The van der Waals surface area contributed by atoms with E-state index < -0.39 is 6.10 Å². The SMILES string of the molecule is Cc1ccccc1-c1noc(C[C@@H]2CCCN(C(=O)[C@H](C)Oc3ccccc3)C2)n1. The van der Waals surface area contributed by atoms with Crippen LogP contribution in [0.15, 0.2) is 59.1 Å². The van der Waals surface area contributed by atoms with E-state index in [9.17, 15) is 4.79 Å². The molecule has 2 atom stereocenters. The molecule has 0 saturated carbocycles. The third kappa shape index (κ3) is 4.70. The summed E-state index contributed by atoms with van der Waals surface area (Å²) in [5.41, 5.74) is 2.10. The molecule has 0 bridgehead atoms. The number of piperidine rings is 1. The summed E-state index contributed by atoms with van der Waals surface area (Å²) in [6.07, 6.45) is 2.17. The highest BCUT2D eigenvalue weighted by atomic mass is 16.5. The zero-order valence-electron chi connectivity index (χ0n) is 17.5. The molecule has 0 radical (unpaired) electrons. The van der Waals surface area contributed by atoms with Crippen LogP contribution in [0.3, 0.4) is 0 Å². The van der Waals surface area contributed by atoms with Gasteiger partial charge in [0.15, 0.2) is 6.10 Å². The normalized spacial score (nSPS) is 17.5. The van der Waals surface area contributed by atoms with Gasteiger partial charge in [0.1, 0.15) is 5.75 Å². The van der Waals surface area contributed by atoms with Gasteiger partial charge >= 0.3 is 0 Å². The zero-order valence-corrected chi connectivity index (χ0v) is 17.5. The van der Waals surface area contributed by atoms with Crippen LogP contribution in [-0.2, 0) is 11.2 Å². The molecule has 0 N–H and O–H groups in total. The number of aryl methyl sites for hydroxylation is 1. The minimum absolute atomic E-state index is 0.0229. The smallest absolute Gasteiger partial charge is 0.263 e. The van der Waals surface area contributed by atoms with Crippen LogP contribution in [0.25, 0.3) is 11.4 Å². The van der Waals surface area contributed by atoms with Gasteiger partial charge in [-0.3, -0.25) is 4.79 Å². The van der Waals surface area contributed by atoms with E-state index in [0.717, 1.165) is 30.5 Å². The molecule has 2 heterocycles. The largest absolute Gasteiger partial charge is 0.481 e. The Labute approximate surface area is 176 Å². The molecule has 30 heavy (non-hydrogen) atoms. The number of para-hydroxylation sites is 1. The molecule has 0 aliphatic carbocycles. The van der Waals surface area contributed by atoms with Gasteiger partial charge in [-0.05, 0) is 50.3 Å². The van der Waals surface area contributed by atoms with E-state index in [2.05, 4.69) is 10.1 Å². The van der Waals surface area contributed by atoms with Crippen molar-refractivity contribution >= 4 is 5.91 Å².